The molecule has 8 fully saturated rings. The number of alkyl carbamates (subject to hydrolysis) is 1. The summed E-state index contributed by atoms with van der Waals surface area (Å²) in [6.45, 7) is 22.1. The lowest BCUT2D eigenvalue weighted by molar-refractivity contribution is -0.136. The Labute approximate surface area is 647 Å². The Morgan fingerprint density at radius 2 is 1.25 bits per heavy atom. The van der Waals surface area contributed by atoms with E-state index in [1.807, 2.05) is 83.8 Å². The zero-order valence-electron chi connectivity index (χ0n) is 67.6. The van der Waals surface area contributed by atoms with Crippen molar-refractivity contribution in [3.8, 4) is 11.5 Å². The Hall–Kier alpha value is -4.37. The molecule has 14 nitrogen and oxygen atoms in total. The fourth-order valence-electron chi connectivity index (χ4n) is 24.1. The molecule has 0 aromatic heterocycles. The monoisotopic (exact) mass is 1490 g/mol. The van der Waals surface area contributed by atoms with Crippen LogP contribution >= 0.6 is 8.53 Å². The lowest BCUT2D eigenvalue weighted by Crippen LogP contribution is -2.51. The number of β-amino-alcohol motifs (C(OH)–C–C–N with tert-alkyl or cyclic N) is 2. The summed E-state index contributed by atoms with van der Waals surface area (Å²) in [6.07, 6.45) is 41.0. The molecule has 2 amide bonds. The summed E-state index contributed by atoms with van der Waals surface area (Å²) in [7, 11) is 1.93. The molecule has 0 spiro atoms. The van der Waals surface area contributed by atoms with E-state index in [4.69, 9.17) is 33.5 Å². The number of benzene rings is 3. The highest BCUT2D eigenvalue weighted by molar-refractivity contribution is 7.44. The number of likely N-dealkylation sites (tertiary alicyclic amines) is 1. The second-order valence-electron chi connectivity index (χ2n) is 36.9. The van der Waals surface area contributed by atoms with Gasteiger partial charge in [0.05, 0.1) is 45.2 Å². The van der Waals surface area contributed by atoms with Crippen molar-refractivity contribution in [1.29, 1.82) is 0 Å². The minimum atomic E-state index is -1.37. The van der Waals surface area contributed by atoms with Crippen molar-refractivity contribution in [2.45, 2.75) is 310 Å². The highest BCUT2D eigenvalue weighted by Crippen LogP contribution is 2.69. The second-order valence-corrected chi connectivity index (χ2v) is 37.9. The maximum absolute atomic E-state index is 14.0. The SMILES string of the molecule is CC(C)CCC[C@@H](C)[C@H]1CC[C@H]2[C@@H]3CC=C4C[C@@H](OP(N)OC[C@@H]5CC(O)CN5)CC[C@]4(C)[C@H]3CC[C@]12C.CCCCCCCCC1CCC2C3CC=C4CC(OC(=O)NCCCCCC(=O)N5CC(O)CC5C(OC(c5ccc(OC)cc5)c5ccc(OC)cc5)c5ccccc5)CCC4(C)C3CCC12C. The van der Waals surface area contributed by atoms with E-state index in [1.54, 1.807) is 25.4 Å². The molecule has 21 atom stereocenters. The molecule has 6 saturated carbocycles. The van der Waals surface area contributed by atoms with Crippen molar-refractivity contribution < 1.29 is 47.8 Å². The van der Waals surface area contributed by atoms with Gasteiger partial charge in [0, 0.05) is 38.5 Å². The zero-order valence-corrected chi connectivity index (χ0v) is 68.5. The van der Waals surface area contributed by atoms with Crippen molar-refractivity contribution >= 4 is 20.5 Å². The first-order chi connectivity index (χ1) is 51.6. The average Bonchev–Trinajstić information content (AvgIpc) is 1.69. The van der Waals surface area contributed by atoms with Gasteiger partial charge in [0.25, 0.3) is 8.53 Å². The quantitative estimate of drug-likeness (QED) is 0.0227. The van der Waals surface area contributed by atoms with Crippen LogP contribution in [0.25, 0.3) is 0 Å². The molecule has 8 aliphatic carbocycles. The molecule has 0 bridgehead atoms. The summed E-state index contributed by atoms with van der Waals surface area (Å²) < 4.78 is 36.3. The predicted molar refractivity (Wildman–Crippen MR) is 432 cm³/mol. The highest BCUT2D eigenvalue weighted by Gasteiger charge is 2.61. The maximum atomic E-state index is 14.0. The Morgan fingerprint density at radius 3 is 1.89 bits per heavy atom. The molecule has 594 valence electrons. The standard InChI is InChI=1S/C60H84N2O7.C32H57N2O3P/c1-6-7-8-9-10-15-20-45-27-33-52-51-32-26-46-39-50(34-36-60(46,3)53(51)35-37-59(45,52)2)68-58(65)61-38-17-12-16-21-55(64)62-41-47(63)40-54(62)57(42-18-13-11-14-19-42)69-56(43-22-28-48(66-4)29-23-43)44-24-30-49(67-5)31-25-44;1-21(2)7-6-8-22(3)28-11-12-29-27-10-9-23-17-26(37-38(33)36-20-24-18-25(35)19-34-24)13-15-31(23,4)30(27)14-16-32(28,29)5/h11,13-14,18-19,22-26,28-31,45,47,50-54,56-57,63H,6-10,12,15-17,20-21,27,32-41H2,1-5H3,(H,61,65);9,21-22,24-30,34-35H,6-8,10-20,33H2,1-5H3/t;22-,24+,25?,26+,27+,28-,29+,30+,31+,32-,38?/m.1/s1. The minimum absolute atomic E-state index is 0.00436. The fourth-order valence-corrected chi connectivity index (χ4v) is 25.0. The Balaban J connectivity index is 0.000000237. The van der Waals surface area contributed by atoms with Crippen LogP contribution in [0.1, 0.15) is 290 Å². The van der Waals surface area contributed by atoms with Gasteiger partial charge in [-0.05, 0) is 250 Å². The number of nitrogens with one attached hydrogen (secondary N) is 2. The Bertz CT molecular complexity index is 3310. The van der Waals surface area contributed by atoms with Crippen LogP contribution in [0.3, 0.4) is 0 Å². The second kappa shape index (κ2) is 37.5. The molecule has 3 aromatic rings. The normalized spacial score (nSPS) is 34.3. The Kier molecular flexibility index (Phi) is 28.8. The van der Waals surface area contributed by atoms with Crippen LogP contribution in [-0.2, 0) is 23.3 Å². The number of allylic oxidation sites excluding steroid dienone is 2. The van der Waals surface area contributed by atoms with Crippen LogP contribution in [0.4, 0.5) is 4.79 Å². The van der Waals surface area contributed by atoms with E-state index in [9.17, 15) is 19.8 Å². The molecule has 2 heterocycles. The summed E-state index contributed by atoms with van der Waals surface area (Å²) in [5.74, 6) is 10.1. The van der Waals surface area contributed by atoms with Crippen molar-refractivity contribution in [1.82, 2.24) is 15.5 Å². The number of aliphatic hydroxyl groups is 2. The van der Waals surface area contributed by atoms with Gasteiger partial charge in [-0.3, -0.25) is 10.3 Å². The van der Waals surface area contributed by atoms with E-state index in [-0.39, 0.29) is 54.4 Å². The van der Waals surface area contributed by atoms with E-state index in [0.717, 1.165) is 139 Å². The number of rotatable bonds is 32. The van der Waals surface area contributed by atoms with Gasteiger partial charge < -0.3 is 53.7 Å². The van der Waals surface area contributed by atoms with Gasteiger partial charge in [0.15, 0.2) is 0 Å². The minimum Gasteiger partial charge on any atom is -0.497 e. The number of amides is 2. The molecule has 6 N–H and O–H groups in total. The van der Waals surface area contributed by atoms with E-state index >= 15 is 0 Å². The van der Waals surface area contributed by atoms with Crippen molar-refractivity contribution in [3.63, 3.8) is 0 Å². The summed E-state index contributed by atoms with van der Waals surface area (Å²) in [4.78, 5) is 29.0. The predicted octanol–water partition coefficient (Wildman–Crippen LogP) is 20.8. The molecule has 2 aliphatic heterocycles. The largest absolute Gasteiger partial charge is 0.497 e. The third-order valence-corrected chi connectivity index (χ3v) is 31.0. The van der Waals surface area contributed by atoms with Gasteiger partial charge in [0.1, 0.15) is 29.8 Å². The third kappa shape index (κ3) is 19.3. The van der Waals surface area contributed by atoms with Gasteiger partial charge >= 0.3 is 6.09 Å². The summed E-state index contributed by atoms with van der Waals surface area (Å²) in [5.41, 5.74) is 14.0. The number of nitrogens with two attached hydrogens (primary N) is 1. The van der Waals surface area contributed by atoms with E-state index < -0.39 is 26.8 Å². The van der Waals surface area contributed by atoms with Crippen LogP contribution in [-0.4, -0.2) is 104 Å². The summed E-state index contributed by atoms with van der Waals surface area (Å²) in [5, 5.41) is 27.1. The van der Waals surface area contributed by atoms with Gasteiger partial charge in [0.2, 0.25) is 5.91 Å². The van der Waals surface area contributed by atoms with E-state index in [1.165, 1.54) is 135 Å². The fraction of sp³-hybridized carbons (Fsp3) is 0.739. The molecule has 12 unspecified atom stereocenters. The summed E-state index contributed by atoms with van der Waals surface area (Å²) in [6, 6.07) is 25.6. The van der Waals surface area contributed by atoms with Crippen LogP contribution in [0.5, 0.6) is 11.5 Å². The number of carbonyl (C=O) groups excluding carboxylic acids is 2. The average molecular weight is 1490 g/mol. The van der Waals surface area contributed by atoms with Crippen LogP contribution < -0.4 is 25.6 Å². The zero-order chi connectivity index (χ0) is 75.5. The highest BCUT2D eigenvalue weighted by atomic mass is 31.2. The third-order valence-electron chi connectivity index (χ3n) is 30.1. The first kappa shape index (κ1) is 82.1. The lowest BCUT2D eigenvalue weighted by Gasteiger charge is -2.58. The van der Waals surface area contributed by atoms with Gasteiger partial charge in [-0.15, -0.1) is 0 Å². The number of unbranched alkanes of at least 4 members (excludes halogenated alkanes) is 7. The molecule has 107 heavy (non-hydrogen) atoms. The number of aliphatic hydroxyl groups excluding tert-OH is 2. The molecule has 0 radical (unpaired) electrons. The first-order valence-electron chi connectivity index (χ1n) is 43.2. The van der Waals surface area contributed by atoms with Crippen LogP contribution in [0, 0.1) is 80.8 Å². The number of methoxy groups -OCH3 is 2. The lowest BCUT2D eigenvalue weighted by atomic mass is 9.47. The van der Waals surface area contributed by atoms with Crippen LogP contribution in [0.15, 0.2) is 102 Å². The maximum Gasteiger partial charge on any atom is 0.407 e. The molecular weight excluding hydrogens is 1350 g/mol. The number of nitrogens with zero attached hydrogens (tertiary/aromatic N) is 1. The molecule has 15 heteroatoms. The van der Waals surface area contributed by atoms with Crippen molar-refractivity contribution in [3.05, 3.63) is 119 Å². The van der Waals surface area contributed by atoms with E-state index in [2.05, 4.69) is 78.2 Å². The van der Waals surface area contributed by atoms with E-state index in [0.29, 0.717) is 55.2 Å². The number of hydrogen-bond donors (Lipinski definition) is 5. The summed E-state index contributed by atoms with van der Waals surface area (Å²) >= 11 is 0. The number of ether oxygens (including phenoxy) is 4. The van der Waals surface area contributed by atoms with Gasteiger partial charge in [-0.2, -0.15) is 0 Å². The number of carbonyl (C=O) groups is 2. The van der Waals surface area contributed by atoms with Crippen LogP contribution in [0.2, 0.25) is 0 Å². The Morgan fingerprint density at radius 1 is 0.645 bits per heavy atom. The number of hydrogen-bond acceptors (Lipinski definition) is 12. The first-order valence-corrected chi connectivity index (χ1v) is 44.4. The smallest absolute Gasteiger partial charge is 0.407 e. The molecule has 13 rings (SSSR count). The number of fused-ring (bicyclic) bond motifs is 10. The molecular formula is C92H141N4O10P. The van der Waals surface area contributed by atoms with Crippen molar-refractivity contribution in [2.75, 3.05) is 40.5 Å². The van der Waals surface area contributed by atoms with Gasteiger partial charge in [-0.25, -0.2) is 4.79 Å². The van der Waals surface area contributed by atoms with Gasteiger partial charge in [-0.1, -0.05) is 197 Å². The van der Waals surface area contributed by atoms with Crippen molar-refractivity contribution in [2.24, 2.45) is 86.3 Å². The molecule has 2 saturated heterocycles. The molecule has 3 aromatic carbocycles. The topological polar surface area (TPSA) is 183 Å². The molecule has 10 aliphatic rings.